The average Bonchev–Trinajstić information content (AvgIpc) is 3.08. The number of anilines is 2. The molecule has 7 heteroatoms. The summed E-state index contributed by atoms with van der Waals surface area (Å²) in [4.78, 5) is 8.84. The molecule has 0 atom stereocenters. The molecule has 0 amide bonds. The van der Waals surface area contributed by atoms with Gasteiger partial charge in [0.15, 0.2) is 11.5 Å². The Balaban J connectivity index is 1.85. The highest BCUT2D eigenvalue weighted by Crippen LogP contribution is 2.32. The minimum Gasteiger partial charge on any atom is -0.506 e. The summed E-state index contributed by atoms with van der Waals surface area (Å²) in [5.74, 6) is 0.139. The zero-order valence-electron chi connectivity index (χ0n) is 13.0. The molecule has 0 spiro atoms. The summed E-state index contributed by atoms with van der Waals surface area (Å²) in [5, 5.41) is 32.3. The first kappa shape index (κ1) is 14.8. The van der Waals surface area contributed by atoms with Crippen molar-refractivity contribution in [2.24, 2.45) is 0 Å². The highest BCUT2D eigenvalue weighted by atomic mass is 16.3. The SMILES string of the molecule is Oc1ccc(-c2cc3nccn3c(Nc3ccccc3O)n2)cc1O. The van der Waals surface area contributed by atoms with Gasteiger partial charge in [0.25, 0.3) is 0 Å². The average molecular weight is 334 g/mol. The van der Waals surface area contributed by atoms with Gasteiger partial charge < -0.3 is 20.6 Å². The summed E-state index contributed by atoms with van der Waals surface area (Å²) >= 11 is 0. The van der Waals surface area contributed by atoms with E-state index in [4.69, 9.17) is 0 Å². The van der Waals surface area contributed by atoms with E-state index >= 15 is 0 Å². The van der Waals surface area contributed by atoms with Gasteiger partial charge in [-0.3, -0.25) is 4.40 Å². The standard InChI is InChI=1S/C18H14N4O3/c23-14-4-2-1-3-12(14)20-18-21-13(10-17-19-7-8-22(17)18)11-5-6-15(24)16(25)9-11/h1-10,23-25H,(H,20,21). The maximum absolute atomic E-state index is 9.97. The summed E-state index contributed by atoms with van der Waals surface area (Å²) in [7, 11) is 0. The summed E-state index contributed by atoms with van der Waals surface area (Å²) < 4.78 is 1.75. The highest BCUT2D eigenvalue weighted by molar-refractivity contribution is 5.71. The number of fused-ring (bicyclic) bond motifs is 1. The number of imidazole rings is 1. The minimum absolute atomic E-state index is 0.102. The molecule has 0 radical (unpaired) electrons. The Hall–Kier alpha value is -3.74. The molecule has 0 fully saturated rings. The number of aromatic nitrogens is 3. The number of hydrogen-bond donors (Lipinski definition) is 4. The monoisotopic (exact) mass is 334 g/mol. The number of phenolic OH excluding ortho intramolecular Hbond substituents is 3. The van der Waals surface area contributed by atoms with Crippen molar-refractivity contribution < 1.29 is 15.3 Å². The first-order chi connectivity index (χ1) is 12.1. The Morgan fingerprint density at radius 2 is 1.72 bits per heavy atom. The first-order valence-electron chi connectivity index (χ1n) is 7.53. The quantitative estimate of drug-likeness (QED) is 0.429. The Morgan fingerprint density at radius 1 is 0.880 bits per heavy atom. The van der Waals surface area contributed by atoms with Crippen LogP contribution in [-0.2, 0) is 0 Å². The van der Waals surface area contributed by atoms with Gasteiger partial charge in [-0.05, 0) is 30.3 Å². The van der Waals surface area contributed by atoms with Crippen molar-refractivity contribution in [1.82, 2.24) is 14.4 Å². The number of benzene rings is 2. The van der Waals surface area contributed by atoms with Crippen LogP contribution in [-0.4, -0.2) is 29.7 Å². The molecule has 0 aliphatic heterocycles. The molecule has 0 unspecified atom stereocenters. The molecule has 0 aliphatic rings. The van der Waals surface area contributed by atoms with Crippen molar-refractivity contribution in [3.05, 3.63) is 60.9 Å². The molecule has 25 heavy (non-hydrogen) atoms. The smallest absolute Gasteiger partial charge is 0.213 e. The number of nitrogens with zero attached hydrogens (tertiary/aromatic N) is 3. The molecule has 2 aromatic carbocycles. The second kappa shape index (κ2) is 5.72. The van der Waals surface area contributed by atoms with Crippen LogP contribution in [0.5, 0.6) is 17.2 Å². The van der Waals surface area contributed by atoms with Crippen LogP contribution >= 0.6 is 0 Å². The van der Waals surface area contributed by atoms with E-state index in [9.17, 15) is 15.3 Å². The lowest BCUT2D eigenvalue weighted by Crippen LogP contribution is -2.02. The Morgan fingerprint density at radius 3 is 2.52 bits per heavy atom. The van der Waals surface area contributed by atoms with E-state index in [-0.39, 0.29) is 17.2 Å². The maximum Gasteiger partial charge on any atom is 0.213 e. The highest BCUT2D eigenvalue weighted by Gasteiger charge is 2.11. The zero-order chi connectivity index (χ0) is 17.4. The Bertz CT molecular complexity index is 1080. The van der Waals surface area contributed by atoms with Crippen molar-refractivity contribution in [1.29, 1.82) is 0 Å². The van der Waals surface area contributed by atoms with Gasteiger partial charge in [-0.1, -0.05) is 12.1 Å². The molecule has 4 aromatic rings. The van der Waals surface area contributed by atoms with E-state index in [2.05, 4.69) is 15.3 Å². The number of para-hydroxylation sites is 2. The van der Waals surface area contributed by atoms with Gasteiger partial charge in [0, 0.05) is 24.0 Å². The van der Waals surface area contributed by atoms with Gasteiger partial charge in [-0.15, -0.1) is 0 Å². The number of phenols is 3. The van der Waals surface area contributed by atoms with Crippen molar-refractivity contribution in [2.45, 2.75) is 0 Å². The van der Waals surface area contributed by atoms with E-state index in [1.165, 1.54) is 12.1 Å². The summed E-state index contributed by atoms with van der Waals surface area (Å²) in [6.07, 6.45) is 3.40. The van der Waals surface area contributed by atoms with Crippen molar-refractivity contribution in [3.8, 4) is 28.5 Å². The third kappa shape index (κ3) is 2.67. The third-order valence-corrected chi connectivity index (χ3v) is 3.81. The first-order valence-corrected chi connectivity index (χ1v) is 7.53. The van der Waals surface area contributed by atoms with E-state index in [1.807, 2.05) is 0 Å². The van der Waals surface area contributed by atoms with Crippen molar-refractivity contribution in [3.63, 3.8) is 0 Å². The fourth-order valence-electron chi connectivity index (χ4n) is 2.54. The number of rotatable bonds is 3. The van der Waals surface area contributed by atoms with Crippen LogP contribution in [0.3, 0.4) is 0 Å². The molecule has 0 aliphatic carbocycles. The molecule has 0 saturated heterocycles. The van der Waals surface area contributed by atoms with Gasteiger partial charge in [-0.2, -0.15) is 0 Å². The molecule has 4 N–H and O–H groups in total. The summed E-state index contributed by atoms with van der Waals surface area (Å²) in [5.41, 5.74) is 2.35. The van der Waals surface area contributed by atoms with Crippen LogP contribution in [0.1, 0.15) is 0 Å². The predicted octanol–water partition coefficient (Wildman–Crippen LogP) is 3.26. The normalized spacial score (nSPS) is 10.9. The van der Waals surface area contributed by atoms with Crippen molar-refractivity contribution in [2.75, 3.05) is 5.32 Å². The van der Waals surface area contributed by atoms with Crippen LogP contribution in [0.4, 0.5) is 11.6 Å². The fraction of sp³-hybridized carbons (Fsp3) is 0. The predicted molar refractivity (Wildman–Crippen MR) is 93.1 cm³/mol. The van der Waals surface area contributed by atoms with Crippen LogP contribution in [0.25, 0.3) is 16.9 Å². The van der Waals surface area contributed by atoms with Crippen molar-refractivity contribution >= 4 is 17.3 Å². The lowest BCUT2D eigenvalue weighted by molar-refractivity contribution is 0.404. The molecule has 7 nitrogen and oxygen atoms in total. The number of hydrogen-bond acceptors (Lipinski definition) is 6. The lowest BCUT2D eigenvalue weighted by Gasteiger charge is -2.12. The fourth-order valence-corrected chi connectivity index (χ4v) is 2.54. The second-order valence-corrected chi connectivity index (χ2v) is 5.47. The van der Waals surface area contributed by atoms with Gasteiger partial charge in [-0.25, -0.2) is 9.97 Å². The van der Waals surface area contributed by atoms with E-state index in [1.54, 1.807) is 53.2 Å². The molecular formula is C18H14N4O3. The molecular weight excluding hydrogens is 320 g/mol. The molecule has 4 rings (SSSR count). The molecule has 2 aromatic heterocycles. The Labute approximate surface area is 142 Å². The van der Waals surface area contributed by atoms with E-state index in [0.29, 0.717) is 28.5 Å². The van der Waals surface area contributed by atoms with Crippen LogP contribution in [0.15, 0.2) is 60.9 Å². The lowest BCUT2D eigenvalue weighted by atomic mass is 10.1. The number of aromatic hydroxyl groups is 3. The zero-order valence-corrected chi connectivity index (χ0v) is 13.0. The summed E-state index contributed by atoms with van der Waals surface area (Å²) in [6.45, 7) is 0. The third-order valence-electron chi connectivity index (χ3n) is 3.81. The minimum atomic E-state index is -0.224. The molecule has 0 saturated carbocycles. The largest absolute Gasteiger partial charge is 0.506 e. The Kier molecular flexibility index (Phi) is 3.39. The van der Waals surface area contributed by atoms with Gasteiger partial charge in [0.2, 0.25) is 5.95 Å². The van der Waals surface area contributed by atoms with Crippen LogP contribution in [0.2, 0.25) is 0 Å². The van der Waals surface area contributed by atoms with Crippen LogP contribution < -0.4 is 5.32 Å². The van der Waals surface area contributed by atoms with Crippen LogP contribution in [0, 0.1) is 0 Å². The maximum atomic E-state index is 9.97. The molecule has 0 bridgehead atoms. The van der Waals surface area contributed by atoms with Gasteiger partial charge in [0.05, 0.1) is 11.4 Å². The van der Waals surface area contributed by atoms with E-state index in [0.717, 1.165) is 0 Å². The second-order valence-electron chi connectivity index (χ2n) is 5.47. The van der Waals surface area contributed by atoms with Gasteiger partial charge in [0.1, 0.15) is 11.4 Å². The number of nitrogens with one attached hydrogen (secondary N) is 1. The van der Waals surface area contributed by atoms with E-state index < -0.39 is 0 Å². The topological polar surface area (TPSA) is 103 Å². The van der Waals surface area contributed by atoms with Gasteiger partial charge >= 0.3 is 0 Å². The molecule has 124 valence electrons. The molecule has 2 heterocycles. The summed E-state index contributed by atoms with van der Waals surface area (Å²) in [6, 6.07) is 13.1.